The van der Waals surface area contributed by atoms with Crippen LogP contribution in [0.5, 0.6) is 5.75 Å². The van der Waals surface area contributed by atoms with Crippen LogP contribution >= 0.6 is 0 Å². The van der Waals surface area contributed by atoms with Crippen molar-refractivity contribution in [1.82, 2.24) is 15.6 Å². The molecule has 1 aromatic carbocycles. The van der Waals surface area contributed by atoms with Gasteiger partial charge in [-0.15, -0.1) is 0 Å². The standard InChI is InChI=1S/C21H27N3O2/c1-14(24-13-21(3,4)15(2)25)20-19(26)10-18(12-23-20)17-8-6-7-16(9-17)11-22-5/h6-10,12,22,24-26H,1-2,11,13H2,3-5H3. The van der Waals surface area contributed by atoms with Crippen LogP contribution in [-0.4, -0.2) is 28.8 Å². The van der Waals surface area contributed by atoms with Gasteiger partial charge in [0.25, 0.3) is 0 Å². The molecule has 2 aromatic rings. The van der Waals surface area contributed by atoms with Crippen LogP contribution in [0.4, 0.5) is 0 Å². The number of nitrogens with one attached hydrogen (secondary N) is 2. The van der Waals surface area contributed by atoms with Gasteiger partial charge in [0.1, 0.15) is 11.4 Å². The molecule has 4 N–H and O–H groups in total. The molecule has 0 unspecified atom stereocenters. The quantitative estimate of drug-likeness (QED) is 0.543. The van der Waals surface area contributed by atoms with E-state index < -0.39 is 5.41 Å². The van der Waals surface area contributed by atoms with Gasteiger partial charge >= 0.3 is 0 Å². The summed E-state index contributed by atoms with van der Waals surface area (Å²) in [5.74, 6) is 0.145. The van der Waals surface area contributed by atoms with Crippen molar-refractivity contribution in [3.63, 3.8) is 0 Å². The van der Waals surface area contributed by atoms with E-state index in [4.69, 9.17) is 0 Å². The van der Waals surface area contributed by atoms with E-state index >= 15 is 0 Å². The Morgan fingerprint density at radius 2 is 1.92 bits per heavy atom. The molecule has 0 bridgehead atoms. The molecule has 0 atom stereocenters. The third kappa shape index (κ3) is 4.64. The Bertz CT molecular complexity index is 813. The molecule has 0 aliphatic rings. The highest BCUT2D eigenvalue weighted by Gasteiger charge is 2.22. The monoisotopic (exact) mass is 353 g/mol. The molecule has 0 fully saturated rings. The van der Waals surface area contributed by atoms with Crippen LogP contribution in [0.15, 0.2) is 55.4 Å². The van der Waals surface area contributed by atoms with Crippen molar-refractivity contribution in [3.8, 4) is 16.9 Å². The van der Waals surface area contributed by atoms with Crippen LogP contribution in [0.2, 0.25) is 0 Å². The van der Waals surface area contributed by atoms with Gasteiger partial charge in [-0.1, -0.05) is 45.2 Å². The van der Waals surface area contributed by atoms with Crippen LogP contribution in [0.1, 0.15) is 25.1 Å². The summed E-state index contributed by atoms with van der Waals surface area (Å²) in [6, 6.07) is 9.76. The molecule has 5 heteroatoms. The number of aromatic nitrogens is 1. The minimum atomic E-state index is -0.508. The minimum Gasteiger partial charge on any atom is -0.512 e. The highest BCUT2D eigenvalue weighted by Crippen LogP contribution is 2.29. The molecule has 2 rings (SSSR count). The lowest BCUT2D eigenvalue weighted by molar-refractivity contribution is 0.259. The fourth-order valence-electron chi connectivity index (χ4n) is 2.42. The molecule has 0 radical (unpaired) electrons. The first-order valence-electron chi connectivity index (χ1n) is 8.49. The Morgan fingerprint density at radius 1 is 1.19 bits per heavy atom. The van der Waals surface area contributed by atoms with Gasteiger partial charge in [0.05, 0.1) is 11.5 Å². The number of nitrogens with zero attached hydrogens (tertiary/aromatic N) is 1. The second-order valence-corrected chi connectivity index (χ2v) is 6.99. The number of rotatable bonds is 8. The molecule has 0 spiro atoms. The predicted octanol–water partition coefficient (Wildman–Crippen LogP) is 3.83. The zero-order chi connectivity index (χ0) is 19.3. The van der Waals surface area contributed by atoms with Crippen molar-refractivity contribution in [2.45, 2.75) is 20.4 Å². The topological polar surface area (TPSA) is 77.4 Å². The minimum absolute atomic E-state index is 0.0552. The van der Waals surface area contributed by atoms with E-state index in [1.54, 1.807) is 12.3 Å². The zero-order valence-corrected chi connectivity index (χ0v) is 15.6. The van der Waals surface area contributed by atoms with Gasteiger partial charge in [-0.2, -0.15) is 0 Å². The Kier molecular flexibility index (Phi) is 6.05. The molecular formula is C21H27N3O2. The molecule has 0 saturated carbocycles. The van der Waals surface area contributed by atoms with Gasteiger partial charge in [-0.25, -0.2) is 0 Å². The van der Waals surface area contributed by atoms with Gasteiger partial charge in [-0.05, 0) is 30.3 Å². The van der Waals surface area contributed by atoms with Crippen LogP contribution in [0.3, 0.4) is 0 Å². The molecule has 1 heterocycles. The van der Waals surface area contributed by atoms with E-state index in [0.717, 1.165) is 23.2 Å². The van der Waals surface area contributed by atoms with Crippen LogP contribution < -0.4 is 10.6 Å². The molecule has 0 aliphatic heterocycles. The second-order valence-electron chi connectivity index (χ2n) is 6.99. The van der Waals surface area contributed by atoms with E-state index in [1.807, 2.05) is 39.1 Å². The van der Waals surface area contributed by atoms with Crippen LogP contribution in [-0.2, 0) is 6.54 Å². The van der Waals surface area contributed by atoms with Crippen molar-refractivity contribution >= 4 is 5.70 Å². The van der Waals surface area contributed by atoms with E-state index in [2.05, 4.69) is 34.8 Å². The number of aliphatic hydroxyl groups is 1. The average molecular weight is 353 g/mol. The molecule has 0 saturated heterocycles. The third-order valence-corrected chi connectivity index (χ3v) is 4.32. The Balaban J connectivity index is 2.18. The van der Waals surface area contributed by atoms with Gasteiger partial charge < -0.3 is 20.8 Å². The third-order valence-electron chi connectivity index (χ3n) is 4.32. The summed E-state index contributed by atoms with van der Waals surface area (Å²) in [6.07, 6.45) is 1.72. The largest absolute Gasteiger partial charge is 0.512 e. The van der Waals surface area contributed by atoms with Gasteiger partial charge in [0.2, 0.25) is 0 Å². The van der Waals surface area contributed by atoms with Gasteiger partial charge in [0, 0.05) is 30.3 Å². The highest BCUT2D eigenvalue weighted by atomic mass is 16.3. The number of pyridine rings is 1. The summed E-state index contributed by atoms with van der Waals surface area (Å²) >= 11 is 0. The summed E-state index contributed by atoms with van der Waals surface area (Å²) in [5.41, 5.74) is 3.36. The maximum atomic E-state index is 10.4. The van der Waals surface area contributed by atoms with Crippen LogP contribution in [0.25, 0.3) is 16.8 Å². The zero-order valence-electron chi connectivity index (χ0n) is 15.6. The molecule has 0 aliphatic carbocycles. The van der Waals surface area contributed by atoms with E-state index in [-0.39, 0.29) is 11.5 Å². The Hall–Kier alpha value is -2.79. The van der Waals surface area contributed by atoms with Crippen molar-refractivity contribution in [1.29, 1.82) is 0 Å². The first kappa shape index (κ1) is 19.5. The predicted molar refractivity (Wildman–Crippen MR) is 107 cm³/mol. The highest BCUT2D eigenvalue weighted by molar-refractivity contribution is 5.70. The SMILES string of the molecule is C=C(NCC(C)(C)C(=C)O)c1ncc(-c2cccc(CNC)c2)cc1O. The first-order chi connectivity index (χ1) is 12.2. The number of aliphatic hydroxyl groups excluding tert-OH is 1. The Labute approximate surface area is 155 Å². The molecular weight excluding hydrogens is 326 g/mol. The smallest absolute Gasteiger partial charge is 0.143 e. The summed E-state index contributed by atoms with van der Waals surface area (Å²) in [7, 11) is 1.90. The molecule has 5 nitrogen and oxygen atoms in total. The summed E-state index contributed by atoms with van der Waals surface area (Å²) in [6.45, 7) is 12.4. The van der Waals surface area contributed by atoms with E-state index in [0.29, 0.717) is 17.9 Å². The van der Waals surface area contributed by atoms with Crippen molar-refractivity contribution in [3.05, 3.63) is 66.7 Å². The number of hydrogen-bond donors (Lipinski definition) is 4. The number of aromatic hydroxyl groups is 1. The normalized spacial score (nSPS) is 11.2. The van der Waals surface area contributed by atoms with Crippen molar-refractivity contribution < 1.29 is 10.2 Å². The summed E-state index contributed by atoms with van der Waals surface area (Å²) in [4.78, 5) is 4.36. The lowest BCUT2D eigenvalue weighted by Crippen LogP contribution is -2.29. The first-order valence-corrected chi connectivity index (χ1v) is 8.49. The van der Waals surface area contributed by atoms with Crippen molar-refractivity contribution in [2.24, 2.45) is 5.41 Å². The summed E-state index contributed by atoms with van der Waals surface area (Å²) < 4.78 is 0. The lowest BCUT2D eigenvalue weighted by atomic mass is 9.91. The number of benzene rings is 1. The maximum Gasteiger partial charge on any atom is 0.143 e. The maximum absolute atomic E-state index is 10.4. The Morgan fingerprint density at radius 3 is 2.54 bits per heavy atom. The molecule has 26 heavy (non-hydrogen) atoms. The van der Waals surface area contributed by atoms with Crippen molar-refractivity contribution in [2.75, 3.05) is 13.6 Å². The van der Waals surface area contributed by atoms with E-state index in [9.17, 15) is 10.2 Å². The molecule has 1 aromatic heterocycles. The average Bonchev–Trinajstić information content (AvgIpc) is 2.60. The summed E-state index contributed by atoms with van der Waals surface area (Å²) in [5, 5.41) is 26.2. The lowest BCUT2D eigenvalue weighted by Gasteiger charge is -2.24. The molecule has 138 valence electrons. The van der Waals surface area contributed by atoms with Gasteiger partial charge in [0.15, 0.2) is 0 Å². The van der Waals surface area contributed by atoms with E-state index in [1.165, 1.54) is 0 Å². The fourth-order valence-corrected chi connectivity index (χ4v) is 2.42. The molecule has 0 amide bonds. The second kappa shape index (κ2) is 8.06. The fraction of sp³-hybridized carbons (Fsp3) is 0.286. The van der Waals surface area contributed by atoms with Crippen LogP contribution in [0, 0.1) is 5.41 Å². The van der Waals surface area contributed by atoms with Gasteiger partial charge in [-0.3, -0.25) is 4.98 Å². The number of hydrogen-bond acceptors (Lipinski definition) is 5.